The molecule has 0 aromatic rings. The fraction of sp³-hybridized carbons (Fsp3) is 0.600. The topological polar surface area (TPSA) is 34.1 Å². The molecule has 0 aliphatic heterocycles. The van der Waals surface area contributed by atoms with Gasteiger partial charge < -0.3 is 0 Å². The van der Waals surface area contributed by atoms with E-state index in [9.17, 15) is 9.59 Å². The van der Waals surface area contributed by atoms with Crippen molar-refractivity contribution in [2.24, 2.45) is 0 Å². The minimum absolute atomic E-state index is 0. The molecule has 0 unspecified atom stereocenters. The molecule has 8 heavy (non-hydrogen) atoms. The summed E-state index contributed by atoms with van der Waals surface area (Å²) in [7, 11) is 0. The zero-order valence-electron chi connectivity index (χ0n) is 4.86. The summed E-state index contributed by atoms with van der Waals surface area (Å²) in [6.07, 6.45) is 0.329. The molecule has 0 amide bonds. The van der Waals surface area contributed by atoms with Crippen LogP contribution in [0.1, 0.15) is 20.3 Å². The summed E-state index contributed by atoms with van der Waals surface area (Å²) in [5.74, 6) is -0.637. The maximum absolute atomic E-state index is 10.2. The minimum atomic E-state index is -0.345. The van der Waals surface area contributed by atoms with E-state index in [0.717, 1.165) is 0 Å². The van der Waals surface area contributed by atoms with Gasteiger partial charge in [0.1, 0.15) is 0 Å². The molecule has 0 rings (SSSR count). The van der Waals surface area contributed by atoms with Crippen LogP contribution in [0.2, 0.25) is 0 Å². The van der Waals surface area contributed by atoms with Crippen LogP contribution in [0.5, 0.6) is 0 Å². The van der Waals surface area contributed by atoms with Crippen LogP contribution in [-0.2, 0) is 29.7 Å². The van der Waals surface area contributed by atoms with Crippen molar-refractivity contribution in [2.45, 2.75) is 20.3 Å². The van der Waals surface area contributed by atoms with Gasteiger partial charge in [-0.2, -0.15) is 0 Å². The Morgan fingerprint density at radius 2 is 1.75 bits per heavy atom. The van der Waals surface area contributed by atoms with E-state index < -0.39 is 0 Å². The van der Waals surface area contributed by atoms with Gasteiger partial charge >= 0.3 is 20.1 Å². The van der Waals surface area contributed by atoms with Crippen molar-refractivity contribution in [1.29, 1.82) is 0 Å². The van der Waals surface area contributed by atoms with Crippen molar-refractivity contribution in [2.75, 3.05) is 0 Å². The molecule has 0 saturated carbocycles. The van der Waals surface area contributed by atoms with Gasteiger partial charge in [-0.1, -0.05) is 6.92 Å². The zero-order chi connectivity index (χ0) is 5.86. The Bertz CT molecular complexity index is 98.6. The second-order valence-electron chi connectivity index (χ2n) is 1.33. The number of ketones is 2. The fourth-order valence-corrected chi connectivity index (χ4v) is 0.249. The van der Waals surface area contributed by atoms with Gasteiger partial charge in [-0.25, -0.2) is 0 Å². The fourth-order valence-electron chi connectivity index (χ4n) is 0.249. The predicted octanol–water partition coefficient (Wildman–Crippen LogP) is 0.552. The Balaban J connectivity index is 0. The van der Waals surface area contributed by atoms with E-state index in [-0.39, 0.29) is 31.7 Å². The number of hydrogen-bond acceptors (Lipinski definition) is 2. The largest absolute Gasteiger partial charge is 3.00 e. The Morgan fingerprint density at radius 1 is 1.38 bits per heavy atom. The summed E-state index contributed by atoms with van der Waals surface area (Å²) in [6, 6.07) is 0. The minimum Gasteiger partial charge on any atom is -0.291 e. The Hall–Kier alpha value is -0.0106. The summed E-state index contributed by atoms with van der Waals surface area (Å²) < 4.78 is 0. The van der Waals surface area contributed by atoms with E-state index >= 15 is 0 Å². The van der Waals surface area contributed by atoms with Crippen LogP contribution in [-0.4, -0.2) is 11.6 Å². The first-order valence-corrected chi connectivity index (χ1v) is 2.22. The SMILES string of the molecule is CCC(=O)C(C)=O.[Ir+3]. The smallest absolute Gasteiger partial charge is 0.291 e. The molecule has 3 heteroatoms. The monoisotopic (exact) mass is 293 g/mol. The first-order chi connectivity index (χ1) is 3.18. The first-order valence-electron chi connectivity index (χ1n) is 2.22. The third kappa shape index (κ3) is 4.16. The second kappa shape index (κ2) is 5.13. The Kier molecular flexibility index (Phi) is 6.98. The molecule has 0 atom stereocenters. The molecule has 0 saturated heterocycles. The third-order valence-electron chi connectivity index (χ3n) is 0.714. The van der Waals surface area contributed by atoms with Crippen LogP contribution in [0.3, 0.4) is 0 Å². The van der Waals surface area contributed by atoms with Gasteiger partial charge in [-0.3, -0.25) is 9.59 Å². The average molecular weight is 292 g/mol. The molecule has 0 spiro atoms. The summed E-state index contributed by atoms with van der Waals surface area (Å²) in [5, 5.41) is 0. The number of hydrogen-bond donors (Lipinski definition) is 0. The first kappa shape index (κ1) is 10.9. The normalized spacial score (nSPS) is 7.25. The van der Waals surface area contributed by atoms with Crippen molar-refractivity contribution in [3.05, 3.63) is 0 Å². The number of rotatable bonds is 2. The van der Waals surface area contributed by atoms with E-state index in [1.54, 1.807) is 6.92 Å². The van der Waals surface area contributed by atoms with Crippen LogP contribution in [0.15, 0.2) is 0 Å². The second-order valence-corrected chi connectivity index (χ2v) is 1.33. The molecule has 0 aromatic carbocycles. The molecule has 46 valence electrons. The van der Waals surface area contributed by atoms with Gasteiger partial charge in [0.15, 0.2) is 11.6 Å². The van der Waals surface area contributed by atoms with Crippen molar-refractivity contribution in [1.82, 2.24) is 0 Å². The van der Waals surface area contributed by atoms with Gasteiger partial charge in [0, 0.05) is 13.3 Å². The van der Waals surface area contributed by atoms with Crippen molar-refractivity contribution >= 4 is 11.6 Å². The van der Waals surface area contributed by atoms with E-state index in [2.05, 4.69) is 0 Å². The molecule has 0 aromatic heterocycles. The molecule has 0 fully saturated rings. The molecule has 0 heterocycles. The van der Waals surface area contributed by atoms with Crippen LogP contribution in [0, 0.1) is 0 Å². The maximum atomic E-state index is 10.2. The quantitative estimate of drug-likeness (QED) is 0.697. The van der Waals surface area contributed by atoms with Gasteiger partial charge in [0.05, 0.1) is 0 Å². The molecule has 0 bridgehead atoms. The molecule has 0 radical (unpaired) electrons. The van der Waals surface area contributed by atoms with Crippen molar-refractivity contribution in [3.63, 3.8) is 0 Å². The van der Waals surface area contributed by atoms with Gasteiger partial charge in [0.2, 0.25) is 0 Å². The van der Waals surface area contributed by atoms with E-state index in [1.807, 2.05) is 0 Å². The Morgan fingerprint density at radius 3 is 1.75 bits per heavy atom. The van der Waals surface area contributed by atoms with E-state index in [0.29, 0.717) is 6.42 Å². The van der Waals surface area contributed by atoms with Crippen LogP contribution < -0.4 is 0 Å². The summed E-state index contributed by atoms with van der Waals surface area (Å²) in [6.45, 7) is 2.95. The molecule has 2 nitrogen and oxygen atoms in total. The van der Waals surface area contributed by atoms with Crippen molar-refractivity contribution in [3.8, 4) is 0 Å². The van der Waals surface area contributed by atoms with E-state index in [4.69, 9.17) is 0 Å². The maximum Gasteiger partial charge on any atom is 3.00 e. The van der Waals surface area contributed by atoms with Gasteiger partial charge in [-0.15, -0.1) is 0 Å². The standard InChI is InChI=1S/C5H8O2.Ir/c1-3-5(7)4(2)6;/h3H2,1-2H3;/q;+3. The summed E-state index contributed by atoms with van der Waals surface area (Å²) >= 11 is 0. The van der Waals surface area contributed by atoms with Crippen LogP contribution >= 0.6 is 0 Å². The third-order valence-corrected chi connectivity index (χ3v) is 0.714. The van der Waals surface area contributed by atoms with Gasteiger partial charge in [0.25, 0.3) is 0 Å². The van der Waals surface area contributed by atoms with Crippen LogP contribution in [0.4, 0.5) is 0 Å². The molecular formula is C5H8IrO2+3. The van der Waals surface area contributed by atoms with Crippen molar-refractivity contribution < 1.29 is 29.7 Å². The molecular weight excluding hydrogens is 284 g/mol. The van der Waals surface area contributed by atoms with E-state index in [1.165, 1.54) is 6.92 Å². The molecule has 0 aliphatic rings. The zero-order valence-corrected chi connectivity index (χ0v) is 7.25. The van der Waals surface area contributed by atoms with Gasteiger partial charge in [-0.05, 0) is 0 Å². The molecule has 0 N–H and O–H groups in total. The summed E-state index contributed by atoms with van der Waals surface area (Å²) in [5.41, 5.74) is 0. The number of carbonyl (C=O) groups is 2. The predicted molar refractivity (Wildman–Crippen MR) is 26.0 cm³/mol. The number of Topliss-reactive ketones (excluding diaryl/α,β-unsaturated/α-hetero) is 2. The summed E-state index contributed by atoms with van der Waals surface area (Å²) in [4.78, 5) is 20.2. The molecule has 0 aliphatic carbocycles. The average Bonchev–Trinajstić information content (AvgIpc) is 1.65. The van der Waals surface area contributed by atoms with Crippen LogP contribution in [0.25, 0.3) is 0 Å². The number of carbonyl (C=O) groups excluding carboxylic acids is 2. The Labute approximate surface area is 62.0 Å².